The quantitative estimate of drug-likeness (QED) is 0.0265. The highest BCUT2D eigenvalue weighted by atomic mass is 16.6. The van der Waals surface area contributed by atoms with Crippen LogP contribution in [-0.2, 0) is 28.6 Å². The van der Waals surface area contributed by atoms with E-state index in [2.05, 4.69) is 63.3 Å². The van der Waals surface area contributed by atoms with Crippen molar-refractivity contribution < 1.29 is 28.6 Å². The van der Waals surface area contributed by atoms with Gasteiger partial charge >= 0.3 is 17.9 Å². The fourth-order valence-electron chi connectivity index (χ4n) is 5.95. The summed E-state index contributed by atoms with van der Waals surface area (Å²) in [5, 5.41) is 0. The molecule has 1 atom stereocenters. The summed E-state index contributed by atoms with van der Waals surface area (Å²) in [6, 6.07) is 0. The summed E-state index contributed by atoms with van der Waals surface area (Å²) in [5.74, 6) is -0.985. The summed E-state index contributed by atoms with van der Waals surface area (Å²) in [6.07, 6.45) is 64.6. The summed E-state index contributed by atoms with van der Waals surface area (Å²) >= 11 is 0. The van der Waals surface area contributed by atoms with Gasteiger partial charge in [-0.1, -0.05) is 226 Å². The predicted octanol–water partition coefficient (Wildman–Crippen LogP) is 15.4. The Morgan fingerprint density at radius 2 is 0.650 bits per heavy atom. The molecule has 0 heterocycles. The van der Waals surface area contributed by atoms with Gasteiger partial charge < -0.3 is 14.2 Å². The van der Waals surface area contributed by atoms with E-state index in [0.29, 0.717) is 19.3 Å². The van der Waals surface area contributed by atoms with E-state index in [9.17, 15) is 14.4 Å². The number of carbonyl (C=O) groups is 3. The van der Waals surface area contributed by atoms with Crippen LogP contribution in [0.15, 0.2) is 122 Å². The maximum absolute atomic E-state index is 12.7. The van der Waals surface area contributed by atoms with E-state index < -0.39 is 6.10 Å². The maximum Gasteiger partial charge on any atom is 0.306 e. The van der Waals surface area contributed by atoms with Crippen molar-refractivity contribution in [3.63, 3.8) is 0 Å². The molecule has 0 aromatic carbocycles. The van der Waals surface area contributed by atoms with Crippen LogP contribution < -0.4 is 0 Å². The van der Waals surface area contributed by atoms with E-state index >= 15 is 0 Å². The van der Waals surface area contributed by atoms with Crippen molar-refractivity contribution in [3.8, 4) is 0 Å². The number of hydrogen-bond acceptors (Lipinski definition) is 6. The van der Waals surface area contributed by atoms with Crippen LogP contribution in [-0.4, -0.2) is 37.2 Å². The first kappa shape index (κ1) is 55.8. The van der Waals surface area contributed by atoms with Crippen molar-refractivity contribution in [3.05, 3.63) is 122 Å². The number of ether oxygens (including phenoxy) is 3. The van der Waals surface area contributed by atoms with Gasteiger partial charge in [0.25, 0.3) is 0 Å². The highest BCUT2D eigenvalue weighted by Crippen LogP contribution is 2.13. The van der Waals surface area contributed by atoms with Crippen LogP contribution in [0.25, 0.3) is 0 Å². The van der Waals surface area contributed by atoms with Gasteiger partial charge in [-0.3, -0.25) is 14.4 Å². The molecule has 0 fully saturated rings. The third-order valence-corrected chi connectivity index (χ3v) is 9.47. The fourth-order valence-corrected chi connectivity index (χ4v) is 5.95. The molecular formula is C54H84O6. The molecule has 0 rings (SSSR count). The van der Waals surface area contributed by atoms with E-state index in [1.165, 1.54) is 44.9 Å². The third kappa shape index (κ3) is 44.9. The first-order valence-corrected chi connectivity index (χ1v) is 23.7. The fraction of sp³-hybridized carbons (Fsp3) is 0.574. The van der Waals surface area contributed by atoms with Gasteiger partial charge in [0.15, 0.2) is 6.10 Å². The third-order valence-electron chi connectivity index (χ3n) is 9.47. The summed E-state index contributed by atoms with van der Waals surface area (Å²) < 4.78 is 16.7. The molecule has 0 N–H and O–H groups in total. The summed E-state index contributed by atoms with van der Waals surface area (Å²) in [5.41, 5.74) is 0. The van der Waals surface area contributed by atoms with Crippen molar-refractivity contribution >= 4 is 17.9 Å². The van der Waals surface area contributed by atoms with Gasteiger partial charge in [0.05, 0.1) is 0 Å². The van der Waals surface area contributed by atoms with Crippen LogP contribution >= 0.6 is 0 Å². The smallest absolute Gasteiger partial charge is 0.306 e. The van der Waals surface area contributed by atoms with Crippen molar-refractivity contribution in [1.29, 1.82) is 0 Å². The zero-order chi connectivity index (χ0) is 43.7. The largest absolute Gasteiger partial charge is 0.462 e. The molecule has 0 spiro atoms. The Morgan fingerprint density at radius 3 is 1.03 bits per heavy atom. The van der Waals surface area contributed by atoms with Crippen LogP contribution in [0.5, 0.6) is 0 Å². The number of rotatable bonds is 40. The van der Waals surface area contributed by atoms with Gasteiger partial charge in [0.1, 0.15) is 13.2 Å². The Bertz CT molecular complexity index is 1320. The average Bonchev–Trinajstić information content (AvgIpc) is 3.24. The van der Waals surface area contributed by atoms with Crippen molar-refractivity contribution in [1.82, 2.24) is 0 Å². The van der Waals surface area contributed by atoms with Crippen LogP contribution in [0, 0.1) is 0 Å². The number of hydrogen-bond donors (Lipinski definition) is 0. The van der Waals surface area contributed by atoms with Gasteiger partial charge in [0.2, 0.25) is 0 Å². The molecule has 336 valence electrons. The first-order valence-electron chi connectivity index (χ1n) is 23.7. The van der Waals surface area contributed by atoms with E-state index in [4.69, 9.17) is 14.2 Å². The predicted molar refractivity (Wildman–Crippen MR) is 256 cm³/mol. The molecule has 0 amide bonds. The average molecular weight is 829 g/mol. The molecule has 0 bridgehead atoms. The lowest BCUT2D eigenvalue weighted by molar-refractivity contribution is -0.167. The molecule has 0 aliphatic carbocycles. The Kier molecular flexibility index (Phi) is 44.2. The summed E-state index contributed by atoms with van der Waals surface area (Å²) in [4.78, 5) is 37.8. The molecule has 0 saturated heterocycles. The minimum absolute atomic E-state index is 0.104. The molecule has 60 heavy (non-hydrogen) atoms. The van der Waals surface area contributed by atoms with E-state index in [-0.39, 0.29) is 31.1 Å². The van der Waals surface area contributed by atoms with Crippen molar-refractivity contribution in [2.24, 2.45) is 0 Å². The summed E-state index contributed by atoms with van der Waals surface area (Å²) in [6.45, 7) is 6.26. The standard InChI is InChI=1S/C54H84O6/c1-4-7-10-13-16-19-22-24-25-26-27-28-29-31-32-35-38-41-44-47-53(56)59-50-51(49-58-52(55)46-43-40-37-34-21-18-15-12-9-6-3)60-54(57)48-45-42-39-36-33-30-23-20-17-14-11-8-5-2/h7-8,10-11,13-14,16-17,19-20,22-29,31-32,51H,4-6,9,12,15,18,21,30,33-50H2,1-3H3/b10-7-,11-8-,16-13-,17-14-,22-19-,23-20-,25-24-,27-26+,29-28-,32-31-. The maximum atomic E-state index is 12.7. The molecule has 0 aliphatic heterocycles. The molecule has 0 radical (unpaired) electrons. The highest BCUT2D eigenvalue weighted by molar-refractivity contribution is 5.71. The lowest BCUT2D eigenvalue weighted by Gasteiger charge is -2.18. The molecule has 0 aliphatic rings. The van der Waals surface area contributed by atoms with E-state index in [0.717, 1.165) is 96.3 Å². The second-order valence-corrected chi connectivity index (χ2v) is 15.2. The lowest BCUT2D eigenvalue weighted by atomic mass is 10.1. The number of allylic oxidation sites excluding steroid dienone is 20. The minimum Gasteiger partial charge on any atom is -0.462 e. The van der Waals surface area contributed by atoms with Crippen molar-refractivity contribution in [2.45, 2.75) is 187 Å². The minimum atomic E-state index is -0.808. The van der Waals surface area contributed by atoms with E-state index in [1.54, 1.807) is 0 Å². The molecular weight excluding hydrogens is 745 g/mol. The zero-order valence-electron chi connectivity index (χ0n) is 38.2. The Hall–Kier alpha value is -4.19. The monoisotopic (exact) mass is 829 g/mol. The topological polar surface area (TPSA) is 78.9 Å². The lowest BCUT2D eigenvalue weighted by Crippen LogP contribution is -2.30. The Labute approximate surface area is 367 Å². The molecule has 0 saturated carbocycles. The Balaban J connectivity index is 4.52. The van der Waals surface area contributed by atoms with Crippen LogP contribution in [0.4, 0.5) is 0 Å². The molecule has 0 aromatic heterocycles. The van der Waals surface area contributed by atoms with Crippen LogP contribution in [0.1, 0.15) is 181 Å². The number of unbranched alkanes of at least 4 members (excludes halogenated alkanes) is 17. The van der Waals surface area contributed by atoms with Gasteiger partial charge in [0, 0.05) is 19.3 Å². The molecule has 0 aromatic rings. The van der Waals surface area contributed by atoms with Gasteiger partial charge in [-0.2, -0.15) is 0 Å². The second kappa shape index (κ2) is 47.5. The van der Waals surface area contributed by atoms with Gasteiger partial charge in [-0.15, -0.1) is 0 Å². The molecule has 6 nitrogen and oxygen atoms in total. The molecule has 6 heteroatoms. The van der Waals surface area contributed by atoms with Crippen molar-refractivity contribution in [2.75, 3.05) is 13.2 Å². The SMILES string of the molecule is CC\C=C/C=C\C=C/C=C\C=C\C=C/C=C\CCCCCC(=O)OCC(COC(=O)CCCCCCCCCCCC)OC(=O)CCCCCCC\C=C/C=C\C=C/CC. The van der Waals surface area contributed by atoms with Crippen LogP contribution in [0.2, 0.25) is 0 Å². The Morgan fingerprint density at radius 1 is 0.350 bits per heavy atom. The van der Waals surface area contributed by atoms with Gasteiger partial charge in [-0.25, -0.2) is 0 Å². The number of esters is 3. The van der Waals surface area contributed by atoms with Gasteiger partial charge in [-0.05, 0) is 57.8 Å². The highest BCUT2D eigenvalue weighted by Gasteiger charge is 2.19. The van der Waals surface area contributed by atoms with Crippen LogP contribution in [0.3, 0.4) is 0 Å². The second-order valence-electron chi connectivity index (χ2n) is 15.2. The summed E-state index contributed by atoms with van der Waals surface area (Å²) in [7, 11) is 0. The normalized spacial score (nSPS) is 13.2. The number of carbonyl (C=O) groups excluding carboxylic acids is 3. The zero-order valence-corrected chi connectivity index (χ0v) is 38.2. The van der Waals surface area contributed by atoms with E-state index in [1.807, 2.05) is 79.0 Å². The first-order chi connectivity index (χ1) is 29.5. The molecule has 1 unspecified atom stereocenters.